The van der Waals surface area contributed by atoms with Gasteiger partial charge in [0.2, 0.25) is 0 Å². The molecular formula is C24H29Cl2O3Si. The molecule has 1 heterocycles. The van der Waals surface area contributed by atoms with Crippen molar-refractivity contribution in [1.82, 2.24) is 0 Å². The minimum absolute atomic E-state index is 0.172. The molecule has 1 saturated heterocycles. The van der Waals surface area contributed by atoms with Crippen LogP contribution >= 0.6 is 23.2 Å². The van der Waals surface area contributed by atoms with Gasteiger partial charge in [-0.2, -0.15) is 0 Å². The molecule has 0 aliphatic carbocycles. The summed E-state index contributed by atoms with van der Waals surface area (Å²) in [7, 11) is 1.60. The maximum absolute atomic E-state index is 12.4. The number of carbonyl (C=O) groups excluding carboxylic acids is 1. The predicted octanol–water partition coefficient (Wildman–Crippen LogP) is 7.40. The molecule has 1 radical (unpaired) electrons. The summed E-state index contributed by atoms with van der Waals surface area (Å²) in [6.45, 7) is 0.890. The third-order valence-electron chi connectivity index (χ3n) is 5.79. The number of ether oxygens (including phenoxy) is 2. The summed E-state index contributed by atoms with van der Waals surface area (Å²) >= 11 is 11.9. The zero-order valence-corrected chi connectivity index (χ0v) is 20.0. The maximum atomic E-state index is 12.4. The van der Waals surface area contributed by atoms with Gasteiger partial charge in [0.25, 0.3) is 0 Å². The second-order valence-electron chi connectivity index (χ2n) is 7.92. The average molecular weight is 464 g/mol. The van der Waals surface area contributed by atoms with E-state index in [2.05, 4.69) is 12.1 Å². The zero-order chi connectivity index (χ0) is 21.3. The third kappa shape index (κ3) is 6.84. The molecule has 2 aromatic carbocycles. The third-order valence-corrected chi connectivity index (χ3v) is 9.58. The number of methoxy groups -OCH3 is 1. The summed E-state index contributed by atoms with van der Waals surface area (Å²) in [6.07, 6.45) is 6.40. The zero-order valence-electron chi connectivity index (χ0n) is 17.5. The highest BCUT2D eigenvalue weighted by Gasteiger charge is 2.23. The van der Waals surface area contributed by atoms with Crippen LogP contribution < -0.4 is 4.74 Å². The highest BCUT2D eigenvalue weighted by molar-refractivity contribution is 6.59. The van der Waals surface area contributed by atoms with Gasteiger partial charge in [-0.3, -0.25) is 0 Å². The van der Waals surface area contributed by atoms with Crippen LogP contribution in [0.5, 0.6) is 5.75 Å². The molecule has 1 fully saturated rings. The molecule has 0 atom stereocenters. The number of halogens is 2. The first-order valence-corrected chi connectivity index (χ1v) is 13.5. The van der Waals surface area contributed by atoms with E-state index < -0.39 is 0 Å². The fourth-order valence-electron chi connectivity index (χ4n) is 4.01. The number of unbranched alkanes of at least 4 members (excludes halogenated alkanes) is 2. The van der Waals surface area contributed by atoms with Crippen LogP contribution in [0.15, 0.2) is 42.5 Å². The average Bonchev–Trinajstić information content (AvgIpc) is 2.77. The van der Waals surface area contributed by atoms with Gasteiger partial charge >= 0.3 is 5.97 Å². The first-order valence-electron chi connectivity index (χ1n) is 10.7. The Kier molecular flexibility index (Phi) is 9.25. The standard InChI is InChI=1S/C24H29Cl2O3Si/c1-28-13-3-2-4-14-30-15-11-19(12-16-30)18-5-7-20(8-6-18)24(27)29-21-9-10-22(25)23(26)17-21/h5-10,17,19H,2-4,11-16H2,1H3. The summed E-state index contributed by atoms with van der Waals surface area (Å²) in [6, 6.07) is 17.0. The van der Waals surface area contributed by atoms with Gasteiger partial charge in [-0.1, -0.05) is 66.3 Å². The Bertz CT molecular complexity index is 818. The van der Waals surface area contributed by atoms with Crippen molar-refractivity contribution < 1.29 is 14.3 Å². The van der Waals surface area contributed by atoms with Gasteiger partial charge in [-0.25, -0.2) is 4.79 Å². The van der Waals surface area contributed by atoms with Gasteiger partial charge < -0.3 is 9.47 Å². The first kappa shape index (κ1) is 23.3. The first-order chi connectivity index (χ1) is 14.6. The van der Waals surface area contributed by atoms with E-state index in [1.807, 2.05) is 12.1 Å². The lowest BCUT2D eigenvalue weighted by Crippen LogP contribution is -2.20. The van der Waals surface area contributed by atoms with Crippen molar-refractivity contribution >= 4 is 38.0 Å². The summed E-state index contributed by atoms with van der Waals surface area (Å²) in [5, 5.41) is 0.800. The predicted molar refractivity (Wildman–Crippen MR) is 126 cm³/mol. The largest absolute Gasteiger partial charge is 0.423 e. The molecule has 0 unspecified atom stereocenters. The molecule has 0 saturated carbocycles. The van der Waals surface area contributed by atoms with Crippen LogP contribution in [0.1, 0.15) is 53.9 Å². The van der Waals surface area contributed by atoms with Crippen LogP contribution in [-0.4, -0.2) is 28.5 Å². The number of benzene rings is 2. The maximum Gasteiger partial charge on any atom is 0.343 e. The molecule has 3 nitrogen and oxygen atoms in total. The van der Waals surface area contributed by atoms with E-state index in [9.17, 15) is 4.79 Å². The van der Waals surface area contributed by atoms with Gasteiger partial charge in [0.05, 0.1) is 15.6 Å². The Morgan fingerprint density at radius 1 is 1.00 bits per heavy atom. The van der Waals surface area contributed by atoms with E-state index in [0.717, 1.165) is 6.61 Å². The van der Waals surface area contributed by atoms with Crippen molar-refractivity contribution in [3.8, 4) is 5.75 Å². The lowest BCUT2D eigenvalue weighted by molar-refractivity contribution is 0.0735. The Morgan fingerprint density at radius 3 is 2.40 bits per heavy atom. The van der Waals surface area contributed by atoms with E-state index >= 15 is 0 Å². The topological polar surface area (TPSA) is 35.5 Å². The Morgan fingerprint density at radius 2 is 1.73 bits per heavy atom. The molecule has 161 valence electrons. The van der Waals surface area contributed by atoms with Crippen molar-refractivity contribution in [1.29, 1.82) is 0 Å². The molecule has 1 aliphatic rings. The Labute approximate surface area is 191 Å². The van der Waals surface area contributed by atoms with Crippen LogP contribution in [0, 0.1) is 0 Å². The number of hydrogen-bond donors (Lipinski definition) is 0. The molecule has 0 aromatic heterocycles. The van der Waals surface area contributed by atoms with Gasteiger partial charge in [0.1, 0.15) is 5.75 Å². The van der Waals surface area contributed by atoms with E-state index in [-0.39, 0.29) is 14.8 Å². The summed E-state index contributed by atoms with van der Waals surface area (Å²) in [5.74, 6) is 0.623. The molecule has 0 amide bonds. The Balaban J connectivity index is 1.46. The van der Waals surface area contributed by atoms with Gasteiger partial charge in [-0.05, 0) is 55.0 Å². The van der Waals surface area contributed by atoms with Crippen molar-refractivity contribution in [3.63, 3.8) is 0 Å². The second kappa shape index (κ2) is 11.9. The molecule has 0 bridgehead atoms. The molecular weight excluding hydrogens is 435 g/mol. The lowest BCUT2D eigenvalue weighted by Gasteiger charge is -2.28. The number of hydrogen-bond acceptors (Lipinski definition) is 3. The van der Waals surface area contributed by atoms with Crippen LogP contribution in [-0.2, 0) is 4.74 Å². The quantitative estimate of drug-likeness (QED) is 0.168. The van der Waals surface area contributed by atoms with Crippen molar-refractivity contribution in [3.05, 3.63) is 63.6 Å². The number of esters is 1. The fourth-order valence-corrected chi connectivity index (χ4v) is 7.31. The fraction of sp³-hybridized carbons (Fsp3) is 0.458. The van der Waals surface area contributed by atoms with Gasteiger partial charge in [0, 0.05) is 28.6 Å². The van der Waals surface area contributed by atoms with Crippen LogP contribution in [0.2, 0.25) is 28.2 Å². The highest BCUT2D eigenvalue weighted by atomic mass is 35.5. The molecule has 2 aromatic rings. The lowest BCUT2D eigenvalue weighted by atomic mass is 9.93. The number of rotatable bonds is 9. The second-order valence-corrected chi connectivity index (χ2v) is 11.7. The van der Waals surface area contributed by atoms with Crippen molar-refractivity contribution in [2.45, 2.75) is 56.2 Å². The van der Waals surface area contributed by atoms with E-state index in [1.54, 1.807) is 25.3 Å². The highest BCUT2D eigenvalue weighted by Crippen LogP contribution is 2.35. The van der Waals surface area contributed by atoms with Crippen LogP contribution in [0.4, 0.5) is 0 Å². The summed E-state index contributed by atoms with van der Waals surface area (Å²) in [4.78, 5) is 12.4. The van der Waals surface area contributed by atoms with Gasteiger partial charge in [0.15, 0.2) is 0 Å². The summed E-state index contributed by atoms with van der Waals surface area (Å²) in [5.41, 5.74) is 1.88. The molecule has 3 rings (SSSR count). The minimum Gasteiger partial charge on any atom is -0.423 e. The van der Waals surface area contributed by atoms with E-state index in [0.29, 0.717) is 27.3 Å². The normalized spacial score (nSPS) is 15.3. The molecule has 6 heteroatoms. The monoisotopic (exact) mass is 463 g/mol. The van der Waals surface area contributed by atoms with E-state index in [1.165, 1.54) is 55.8 Å². The minimum atomic E-state index is -0.387. The molecule has 30 heavy (non-hydrogen) atoms. The smallest absolute Gasteiger partial charge is 0.343 e. The molecule has 1 aliphatic heterocycles. The van der Waals surface area contributed by atoms with Crippen LogP contribution in [0.3, 0.4) is 0 Å². The van der Waals surface area contributed by atoms with E-state index in [4.69, 9.17) is 32.7 Å². The Hall–Kier alpha value is -1.33. The SMILES string of the molecule is COCCCCC[Si]1CCC(c2ccc(C(=O)Oc3ccc(Cl)c(Cl)c3)cc2)CC1. The van der Waals surface area contributed by atoms with Crippen LogP contribution in [0.25, 0.3) is 0 Å². The van der Waals surface area contributed by atoms with Gasteiger partial charge in [-0.15, -0.1) is 0 Å². The van der Waals surface area contributed by atoms with Crippen molar-refractivity contribution in [2.24, 2.45) is 0 Å². The summed E-state index contributed by atoms with van der Waals surface area (Å²) < 4.78 is 10.5. The van der Waals surface area contributed by atoms with Crippen molar-refractivity contribution in [2.75, 3.05) is 13.7 Å². The molecule has 0 N–H and O–H groups in total. The number of carbonyl (C=O) groups is 1. The molecule has 0 spiro atoms.